The molecule has 1 heterocycles. The minimum Gasteiger partial charge on any atom is -0.506 e. The molecule has 1 amide bonds. The topological polar surface area (TPSA) is 66.4 Å². The van der Waals surface area contributed by atoms with E-state index < -0.39 is 0 Å². The lowest BCUT2D eigenvalue weighted by molar-refractivity contribution is -0.110. The summed E-state index contributed by atoms with van der Waals surface area (Å²) in [6, 6.07) is 8.63. The third-order valence-electron chi connectivity index (χ3n) is 3.60. The van der Waals surface area contributed by atoms with Crippen molar-refractivity contribution in [1.82, 2.24) is 0 Å². The van der Waals surface area contributed by atoms with Crippen LogP contribution in [0.1, 0.15) is 21.5 Å². The second kappa shape index (κ2) is 7.01. The van der Waals surface area contributed by atoms with Gasteiger partial charge in [0, 0.05) is 22.4 Å². The minimum atomic E-state index is -0.224. The van der Waals surface area contributed by atoms with E-state index in [1.54, 1.807) is 36.4 Å². The number of benzene rings is 2. The Labute approximate surface area is 170 Å². The molecule has 2 aromatic carbocycles. The zero-order valence-electron chi connectivity index (χ0n) is 12.1. The van der Waals surface area contributed by atoms with Crippen molar-refractivity contribution in [2.45, 2.75) is 0 Å². The summed E-state index contributed by atoms with van der Waals surface area (Å²) in [5.74, 6) is -0.289. The van der Waals surface area contributed by atoms with Crippen molar-refractivity contribution in [3.63, 3.8) is 0 Å². The van der Waals surface area contributed by atoms with Crippen LogP contribution in [0, 0.1) is 7.14 Å². The Hall–Kier alpha value is -1.13. The van der Waals surface area contributed by atoms with Crippen LogP contribution in [0.3, 0.4) is 0 Å². The average Bonchev–Trinajstić information content (AvgIpc) is 2.87. The van der Waals surface area contributed by atoms with E-state index in [1.165, 1.54) is 0 Å². The number of fused-ring (bicyclic) bond motifs is 1. The van der Waals surface area contributed by atoms with Crippen LogP contribution in [0.5, 0.6) is 5.75 Å². The van der Waals surface area contributed by atoms with Gasteiger partial charge >= 0.3 is 0 Å². The molecular formula is C17H10ClI2NO3. The summed E-state index contributed by atoms with van der Waals surface area (Å²) in [7, 11) is 0. The molecule has 2 N–H and O–H groups in total. The van der Waals surface area contributed by atoms with Crippen LogP contribution in [-0.2, 0) is 4.79 Å². The monoisotopic (exact) mass is 565 g/mol. The van der Waals surface area contributed by atoms with Crippen LogP contribution in [0.25, 0.3) is 11.6 Å². The molecule has 4 nitrogen and oxygen atoms in total. The molecule has 0 spiro atoms. The molecule has 7 heteroatoms. The molecule has 0 fully saturated rings. The van der Waals surface area contributed by atoms with Crippen molar-refractivity contribution < 1.29 is 14.7 Å². The summed E-state index contributed by atoms with van der Waals surface area (Å²) in [5.41, 5.74) is 3.09. The predicted molar refractivity (Wildman–Crippen MR) is 112 cm³/mol. The van der Waals surface area contributed by atoms with Crippen LogP contribution >= 0.6 is 56.8 Å². The first-order chi connectivity index (χ1) is 11.4. The van der Waals surface area contributed by atoms with E-state index >= 15 is 0 Å². The Kier molecular flexibility index (Phi) is 5.16. The third-order valence-corrected chi connectivity index (χ3v) is 5.48. The number of halogens is 3. The number of phenols is 1. The number of Topliss-reactive ketones (excluding diaryl/α,β-unsaturated/α-hetero) is 1. The third kappa shape index (κ3) is 3.31. The van der Waals surface area contributed by atoms with Gasteiger partial charge in [-0.3, -0.25) is 9.59 Å². The number of anilines is 1. The van der Waals surface area contributed by atoms with Gasteiger partial charge in [0.15, 0.2) is 5.78 Å². The van der Waals surface area contributed by atoms with Gasteiger partial charge in [0.1, 0.15) is 5.75 Å². The summed E-state index contributed by atoms with van der Waals surface area (Å²) < 4.78 is 1.41. The Balaban J connectivity index is 2.10. The van der Waals surface area contributed by atoms with Gasteiger partial charge in [-0.1, -0.05) is 0 Å². The lowest BCUT2D eigenvalue weighted by atomic mass is 10.0. The van der Waals surface area contributed by atoms with Gasteiger partial charge in [0.25, 0.3) is 5.91 Å². The van der Waals surface area contributed by atoms with E-state index in [0.29, 0.717) is 29.5 Å². The fourth-order valence-electron chi connectivity index (χ4n) is 2.42. The van der Waals surface area contributed by atoms with Gasteiger partial charge < -0.3 is 10.4 Å². The summed E-state index contributed by atoms with van der Waals surface area (Å²) in [4.78, 5) is 24.1. The van der Waals surface area contributed by atoms with Gasteiger partial charge in [-0.25, -0.2) is 0 Å². The highest BCUT2D eigenvalue weighted by atomic mass is 127. The minimum absolute atomic E-state index is 0.104. The van der Waals surface area contributed by atoms with E-state index in [9.17, 15) is 14.7 Å². The second-order valence-electron chi connectivity index (χ2n) is 5.16. The molecule has 122 valence electrons. The molecule has 0 aliphatic carbocycles. The average molecular weight is 566 g/mol. The molecule has 0 unspecified atom stereocenters. The second-order valence-corrected chi connectivity index (χ2v) is 7.75. The van der Waals surface area contributed by atoms with E-state index in [1.807, 2.05) is 45.2 Å². The van der Waals surface area contributed by atoms with Crippen LogP contribution < -0.4 is 5.32 Å². The van der Waals surface area contributed by atoms with Gasteiger partial charge in [-0.2, -0.15) is 0 Å². The van der Waals surface area contributed by atoms with Crippen LogP contribution in [0.4, 0.5) is 5.69 Å². The highest BCUT2D eigenvalue weighted by Crippen LogP contribution is 2.35. The molecule has 0 bridgehead atoms. The van der Waals surface area contributed by atoms with Gasteiger partial charge in [0.05, 0.1) is 13.0 Å². The number of hydrogen-bond acceptors (Lipinski definition) is 3. The van der Waals surface area contributed by atoms with E-state index in [-0.39, 0.29) is 23.3 Å². The van der Waals surface area contributed by atoms with Crippen LogP contribution in [0.2, 0.25) is 0 Å². The van der Waals surface area contributed by atoms with Gasteiger partial charge in [0.2, 0.25) is 0 Å². The summed E-state index contributed by atoms with van der Waals surface area (Å²) in [6.07, 6.45) is 1.75. The van der Waals surface area contributed by atoms with E-state index in [2.05, 4.69) is 5.32 Å². The number of carbonyl (C=O) groups is 2. The number of aromatic hydroxyl groups is 1. The number of nitrogens with one attached hydrogen (secondary N) is 1. The molecule has 1 aliphatic rings. The van der Waals surface area contributed by atoms with E-state index in [4.69, 9.17) is 11.6 Å². The summed E-state index contributed by atoms with van der Waals surface area (Å²) in [6.45, 7) is 0. The normalized spacial score (nSPS) is 14.6. The van der Waals surface area contributed by atoms with Crippen molar-refractivity contribution in [3.05, 3.63) is 54.2 Å². The smallest absolute Gasteiger partial charge is 0.256 e. The number of phenolic OH excluding ortho intramolecular Hbond substituents is 1. The zero-order valence-corrected chi connectivity index (χ0v) is 17.1. The first-order valence-electron chi connectivity index (χ1n) is 6.85. The number of ketones is 1. The number of rotatable bonds is 3. The maximum Gasteiger partial charge on any atom is 0.256 e. The molecule has 0 radical (unpaired) electrons. The van der Waals surface area contributed by atoms with Crippen molar-refractivity contribution in [2.24, 2.45) is 0 Å². The largest absolute Gasteiger partial charge is 0.506 e. The Morgan fingerprint density at radius 1 is 1.21 bits per heavy atom. The SMILES string of the molecule is O=C1Nc2ccc(C(=O)CCl)cc2/C1=C/c1cc(I)c(O)c(I)c1. The lowest BCUT2D eigenvalue weighted by Crippen LogP contribution is -2.03. The fourth-order valence-corrected chi connectivity index (χ4v) is 4.39. The first-order valence-corrected chi connectivity index (χ1v) is 9.54. The molecule has 2 aromatic rings. The molecule has 0 saturated heterocycles. The molecule has 0 aromatic heterocycles. The summed E-state index contributed by atoms with van der Waals surface area (Å²) >= 11 is 9.69. The molecule has 3 rings (SSSR count). The zero-order chi connectivity index (χ0) is 17.4. The summed E-state index contributed by atoms with van der Waals surface area (Å²) in [5, 5.41) is 12.6. The Bertz CT molecular complexity index is 886. The highest BCUT2D eigenvalue weighted by molar-refractivity contribution is 14.1. The fraction of sp³-hybridized carbons (Fsp3) is 0.0588. The van der Waals surface area contributed by atoms with Crippen molar-refractivity contribution >= 4 is 85.8 Å². The number of carbonyl (C=O) groups excluding carboxylic acids is 2. The van der Waals surface area contributed by atoms with Gasteiger partial charge in [-0.05, 0) is 87.2 Å². The number of amides is 1. The van der Waals surface area contributed by atoms with Crippen molar-refractivity contribution in [2.75, 3.05) is 11.2 Å². The Morgan fingerprint density at radius 2 is 1.88 bits per heavy atom. The first kappa shape index (κ1) is 17.7. The predicted octanol–water partition coefficient (Wildman–Crippen LogP) is 4.52. The molecule has 1 aliphatic heterocycles. The Morgan fingerprint density at radius 3 is 2.50 bits per heavy atom. The van der Waals surface area contributed by atoms with E-state index in [0.717, 1.165) is 5.56 Å². The standard InChI is InChI=1S/C17H10ClI2NO3/c18-7-15(22)9-1-2-14-10(6-9)11(17(24)21-14)3-8-4-12(19)16(23)13(20)5-8/h1-6,23H,7H2,(H,21,24)/b11-3-. The van der Waals surface area contributed by atoms with Crippen LogP contribution in [0.15, 0.2) is 30.3 Å². The lowest BCUT2D eigenvalue weighted by Gasteiger charge is -2.05. The van der Waals surface area contributed by atoms with Crippen molar-refractivity contribution in [1.29, 1.82) is 0 Å². The van der Waals surface area contributed by atoms with Gasteiger partial charge in [-0.15, -0.1) is 11.6 Å². The molecule has 24 heavy (non-hydrogen) atoms. The maximum atomic E-state index is 12.3. The molecular weight excluding hydrogens is 555 g/mol. The highest BCUT2D eigenvalue weighted by Gasteiger charge is 2.25. The maximum absolute atomic E-state index is 12.3. The quantitative estimate of drug-likeness (QED) is 0.249. The number of hydrogen-bond donors (Lipinski definition) is 2. The van der Waals surface area contributed by atoms with Crippen LogP contribution in [-0.4, -0.2) is 22.7 Å². The molecule has 0 saturated carbocycles. The van der Waals surface area contributed by atoms with Crippen molar-refractivity contribution in [3.8, 4) is 5.75 Å². The number of alkyl halides is 1. The molecule has 0 atom stereocenters.